The van der Waals surface area contributed by atoms with E-state index in [1.165, 1.54) is 0 Å². The Morgan fingerprint density at radius 3 is 3.00 bits per heavy atom. The van der Waals surface area contributed by atoms with Gasteiger partial charge in [-0.15, -0.1) is 0 Å². The van der Waals surface area contributed by atoms with Crippen LogP contribution in [-0.2, 0) is 11.2 Å². The summed E-state index contributed by atoms with van der Waals surface area (Å²) in [7, 11) is 0. The van der Waals surface area contributed by atoms with E-state index in [2.05, 4.69) is 5.32 Å². The van der Waals surface area contributed by atoms with Gasteiger partial charge in [0.25, 0.3) is 5.91 Å². The molecule has 0 saturated carbocycles. The van der Waals surface area contributed by atoms with Crippen molar-refractivity contribution >= 4 is 17.5 Å². The Morgan fingerprint density at radius 2 is 2.24 bits per heavy atom. The summed E-state index contributed by atoms with van der Waals surface area (Å²) >= 11 is 0. The summed E-state index contributed by atoms with van der Waals surface area (Å²) in [5, 5.41) is 2.80. The molecule has 0 bridgehead atoms. The van der Waals surface area contributed by atoms with Gasteiger partial charge in [0.1, 0.15) is 0 Å². The van der Waals surface area contributed by atoms with Gasteiger partial charge >= 0.3 is 0 Å². The molecule has 1 saturated heterocycles. The van der Waals surface area contributed by atoms with E-state index < -0.39 is 0 Å². The first-order valence-corrected chi connectivity index (χ1v) is 7.55. The van der Waals surface area contributed by atoms with Gasteiger partial charge in [0.05, 0.1) is 6.42 Å². The second kappa shape index (κ2) is 5.48. The molecule has 3 N–H and O–H groups in total. The lowest BCUT2D eigenvalue weighted by Gasteiger charge is -2.38. The Morgan fingerprint density at radius 1 is 1.43 bits per heavy atom. The molecule has 5 nitrogen and oxygen atoms in total. The van der Waals surface area contributed by atoms with Crippen molar-refractivity contribution in [1.82, 2.24) is 4.90 Å². The van der Waals surface area contributed by atoms with E-state index in [4.69, 9.17) is 5.73 Å². The molecule has 0 aromatic heterocycles. The fourth-order valence-corrected chi connectivity index (χ4v) is 3.27. The van der Waals surface area contributed by atoms with Crippen molar-refractivity contribution in [2.24, 2.45) is 5.73 Å². The number of hydrogen-bond donors (Lipinski definition) is 2. The highest BCUT2D eigenvalue weighted by Crippen LogP contribution is 2.27. The number of nitrogens with two attached hydrogens (primary N) is 1. The Balaban J connectivity index is 1.84. The maximum Gasteiger partial charge on any atom is 0.254 e. The van der Waals surface area contributed by atoms with Crippen molar-refractivity contribution in [3.8, 4) is 0 Å². The molecule has 2 aliphatic rings. The molecule has 1 aromatic rings. The first-order valence-electron chi connectivity index (χ1n) is 7.55. The van der Waals surface area contributed by atoms with Crippen LogP contribution in [0.25, 0.3) is 0 Å². The van der Waals surface area contributed by atoms with Crippen LogP contribution in [0.2, 0.25) is 0 Å². The van der Waals surface area contributed by atoms with E-state index in [-0.39, 0.29) is 23.9 Å². The van der Waals surface area contributed by atoms with Gasteiger partial charge in [-0.3, -0.25) is 9.59 Å². The molecule has 112 valence electrons. The molecule has 2 aliphatic heterocycles. The fourth-order valence-electron chi connectivity index (χ4n) is 3.27. The third-order valence-electron chi connectivity index (χ3n) is 4.40. The molecular weight excluding hydrogens is 266 g/mol. The van der Waals surface area contributed by atoms with Gasteiger partial charge in [0.15, 0.2) is 0 Å². The lowest BCUT2D eigenvalue weighted by Crippen LogP contribution is -2.51. The highest BCUT2D eigenvalue weighted by molar-refractivity contribution is 6.02. The number of nitrogens with zero attached hydrogens (tertiary/aromatic N) is 1. The number of piperidine rings is 1. The molecule has 0 radical (unpaired) electrons. The molecule has 2 amide bonds. The summed E-state index contributed by atoms with van der Waals surface area (Å²) in [6, 6.07) is 5.55. The van der Waals surface area contributed by atoms with E-state index in [1.54, 1.807) is 6.07 Å². The van der Waals surface area contributed by atoms with Crippen LogP contribution >= 0.6 is 0 Å². The third kappa shape index (κ3) is 2.65. The number of benzene rings is 1. The van der Waals surface area contributed by atoms with Crippen LogP contribution in [0.4, 0.5) is 5.69 Å². The lowest BCUT2D eigenvalue weighted by atomic mass is 9.95. The van der Waals surface area contributed by atoms with Crippen LogP contribution in [0.3, 0.4) is 0 Å². The van der Waals surface area contributed by atoms with Crippen LogP contribution in [-0.4, -0.2) is 35.3 Å². The quantitative estimate of drug-likeness (QED) is 0.866. The summed E-state index contributed by atoms with van der Waals surface area (Å²) in [6.07, 6.45) is 3.51. The smallest absolute Gasteiger partial charge is 0.254 e. The lowest BCUT2D eigenvalue weighted by molar-refractivity contribution is -0.115. The number of likely N-dealkylation sites (tertiary alicyclic amines) is 1. The van der Waals surface area contributed by atoms with Crippen molar-refractivity contribution in [1.29, 1.82) is 0 Å². The van der Waals surface area contributed by atoms with Gasteiger partial charge in [0.2, 0.25) is 5.91 Å². The topological polar surface area (TPSA) is 75.4 Å². The van der Waals surface area contributed by atoms with E-state index in [0.717, 1.165) is 37.1 Å². The van der Waals surface area contributed by atoms with Crippen molar-refractivity contribution in [2.45, 2.75) is 44.7 Å². The van der Waals surface area contributed by atoms with Crippen molar-refractivity contribution in [3.63, 3.8) is 0 Å². The zero-order valence-corrected chi connectivity index (χ0v) is 12.3. The van der Waals surface area contributed by atoms with Crippen LogP contribution in [0.15, 0.2) is 18.2 Å². The summed E-state index contributed by atoms with van der Waals surface area (Å²) < 4.78 is 0. The molecule has 21 heavy (non-hydrogen) atoms. The molecule has 1 aromatic carbocycles. The van der Waals surface area contributed by atoms with Crippen LogP contribution in [0, 0.1) is 0 Å². The van der Waals surface area contributed by atoms with E-state index in [1.807, 2.05) is 24.0 Å². The SMILES string of the molecule is CC(N)C1CCCCN1C(=O)c1ccc2c(c1)NC(=O)C2. The molecule has 0 spiro atoms. The monoisotopic (exact) mass is 287 g/mol. The Bertz CT molecular complexity index is 583. The fraction of sp³-hybridized carbons (Fsp3) is 0.500. The van der Waals surface area contributed by atoms with Gasteiger partial charge in [0, 0.05) is 29.9 Å². The predicted molar refractivity (Wildman–Crippen MR) is 81.1 cm³/mol. The third-order valence-corrected chi connectivity index (χ3v) is 4.40. The highest BCUT2D eigenvalue weighted by atomic mass is 16.2. The summed E-state index contributed by atoms with van der Waals surface area (Å²) in [5.74, 6) is 0.00183. The second-order valence-electron chi connectivity index (χ2n) is 6.02. The summed E-state index contributed by atoms with van der Waals surface area (Å²) in [6.45, 7) is 2.72. The molecule has 5 heteroatoms. The van der Waals surface area contributed by atoms with E-state index >= 15 is 0 Å². The average Bonchev–Trinajstić information content (AvgIpc) is 2.85. The molecule has 3 rings (SSSR count). The average molecular weight is 287 g/mol. The van der Waals surface area contributed by atoms with Gasteiger partial charge in [-0.1, -0.05) is 6.07 Å². The Hall–Kier alpha value is -1.88. The van der Waals surface area contributed by atoms with Gasteiger partial charge in [-0.25, -0.2) is 0 Å². The van der Waals surface area contributed by atoms with Gasteiger partial charge in [-0.2, -0.15) is 0 Å². The number of carbonyl (C=O) groups excluding carboxylic acids is 2. The number of amides is 2. The first kappa shape index (κ1) is 14.1. The van der Waals surface area contributed by atoms with Gasteiger partial charge in [-0.05, 0) is 43.9 Å². The minimum atomic E-state index is -0.0246. The zero-order chi connectivity index (χ0) is 15.0. The standard InChI is InChI=1S/C16H21N3O2/c1-10(17)14-4-2-3-7-19(14)16(21)12-6-5-11-9-15(20)18-13(11)8-12/h5-6,8,10,14H,2-4,7,9,17H2,1H3,(H,18,20). The highest BCUT2D eigenvalue weighted by Gasteiger charge is 2.30. The van der Waals surface area contributed by atoms with Crippen molar-refractivity contribution in [3.05, 3.63) is 29.3 Å². The van der Waals surface area contributed by atoms with Crippen molar-refractivity contribution < 1.29 is 9.59 Å². The zero-order valence-electron chi connectivity index (χ0n) is 12.3. The van der Waals surface area contributed by atoms with E-state index in [0.29, 0.717) is 12.0 Å². The first-order chi connectivity index (χ1) is 10.1. The largest absolute Gasteiger partial charge is 0.334 e. The Kier molecular flexibility index (Phi) is 3.68. The number of hydrogen-bond acceptors (Lipinski definition) is 3. The maximum atomic E-state index is 12.8. The normalized spacial score (nSPS) is 22.7. The molecule has 2 heterocycles. The minimum absolute atomic E-state index is 0.0129. The molecule has 0 aliphatic carbocycles. The predicted octanol–water partition coefficient (Wildman–Crippen LogP) is 1.52. The van der Waals surface area contributed by atoms with E-state index in [9.17, 15) is 9.59 Å². The van der Waals surface area contributed by atoms with Gasteiger partial charge < -0.3 is 16.0 Å². The van der Waals surface area contributed by atoms with Crippen LogP contribution < -0.4 is 11.1 Å². The molecular formula is C16H21N3O2. The minimum Gasteiger partial charge on any atom is -0.334 e. The number of fused-ring (bicyclic) bond motifs is 1. The number of carbonyl (C=O) groups is 2. The number of anilines is 1. The van der Waals surface area contributed by atoms with Crippen LogP contribution in [0.1, 0.15) is 42.1 Å². The Labute approximate surface area is 124 Å². The molecule has 2 atom stereocenters. The van der Waals surface area contributed by atoms with Crippen molar-refractivity contribution in [2.75, 3.05) is 11.9 Å². The van der Waals surface area contributed by atoms with Crippen LogP contribution in [0.5, 0.6) is 0 Å². The molecule has 1 fully saturated rings. The summed E-state index contributed by atoms with van der Waals surface area (Å²) in [4.78, 5) is 26.1. The number of nitrogens with one attached hydrogen (secondary N) is 1. The second-order valence-corrected chi connectivity index (χ2v) is 6.02. The summed E-state index contributed by atoms with van der Waals surface area (Å²) in [5.41, 5.74) is 8.38. The molecule has 2 unspecified atom stereocenters. The maximum absolute atomic E-state index is 12.8. The number of rotatable bonds is 2.